The lowest BCUT2D eigenvalue weighted by Gasteiger charge is -2.38. The smallest absolute Gasteiger partial charge is 0.436 e. The summed E-state index contributed by atoms with van der Waals surface area (Å²) >= 11 is 0. The second-order valence-electron chi connectivity index (χ2n) is 6.71. The average Bonchev–Trinajstić information content (AvgIpc) is 2.19. The van der Waals surface area contributed by atoms with Gasteiger partial charge in [0.05, 0.1) is 0 Å². The summed E-state index contributed by atoms with van der Waals surface area (Å²) in [6.07, 6.45) is 2.22. The Labute approximate surface area is 99.5 Å². The van der Waals surface area contributed by atoms with Crippen LogP contribution in [0.4, 0.5) is 0 Å². The van der Waals surface area contributed by atoms with Crippen LogP contribution in [0.15, 0.2) is 0 Å². The Bertz CT molecular complexity index is 210. The molecule has 0 aromatic carbocycles. The van der Waals surface area contributed by atoms with Crippen molar-refractivity contribution in [1.29, 1.82) is 0 Å². The number of rotatable bonds is 1. The van der Waals surface area contributed by atoms with E-state index in [-0.39, 0.29) is 19.2 Å². The molecule has 90 valence electrons. The van der Waals surface area contributed by atoms with Gasteiger partial charge >= 0.3 is 13.8 Å². The van der Waals surface area contributed by atoms with Gasteiger partial charge in [0.2, 0.25) is 0 Å². The van der Waals surface area contributed by atoms with Crippen molar-refractivity contribution in [2.24, 2.45) is 10.8 Å². The number of hydrogen-bond donors (Lipinski definition) is 0. The van der Waals surface area contributed by atoms with Crippen LogP contribution in [0.25, 0.3) is 0 Å². The van der Waals surface area contributed by atoms with E-state index >= 15 is 0 Å². The Hall–Kier alpha value is 0.00987. The molecule has 0 aromatic rings. The maximum Gasteiger partial charge on any atom is 0.445 e. The average molecular weight is 224 g/mol. The molecule has 0 spiro atoms. The topological polar surface area (TPSA) is 27.7 Å². The van der Waals surface area contributed by atoms with Crippen LogP contribution < -0.4 is 0 Å². The van der Waals surface area contributed by atoms with Gasteiger partial charge < -0.3 is 14.0 Å². The molecule has 2 aliphatic rings. The van der Waals surface area contributed by atoms with Crippen molar-refractivity contribution >= 4 is 13.8 Å². The van der Waals surface area contributed by atoms with Gasteiger partial charge in [0, 0.05) is 25.2 Å². The highest BCUT2D eigenvalue weighted by molar-refractivity contribution is 7.13. The summed E-state index contributed by atoms with van der Waals surface area (Å²) in [7, 11) is -0.149. The van der Waals surface area contributed by atoms with Gasteiger partial charge in [0.1, 0.15) is 0 Å². The second kappa shape index (κ2) is 4.35. The first-order chi connectivity index (χ1) is 7.38. The van der Waals surface area contributed by atoms with Gasteiger partial charge in [-0.3, -0.25) is 0 Å². The highest BCUT2D eigenvalue weighted by Gasteiger charge is 2.44. The monoisotopic (exact) mass is 224 g/mol. The van der Waals surface area contributed by atoms with Crippen LogP contribution in [0.5, 0.6) is 0 Å². The van der Waals surface area contributed by atoms with Crippen LogP contribution in [-0.4, -0.2) is 33.6 Å². The van der Waals surface area contributed by atoms with E-state index < -0.39 is 0 Å². The molecule has 16 heavy (non-hydrogen) atoms. The fourth-order valence-electron chi connectivity index (χ4n) is 2.16. The molecular formula is C11H22B2O3. The minimum absolute atomic E-state index is 0.129. The SMILES string of the molecule is CC1(C)CCB(B2OCC(C)(C)CO2)OC1. The standard InChI is InChI=1S/C11H22B2O3/c1-10(2)5-6-12(14-7-10)13-15-8-11(3,4)9-16-13/h5-9H2,1-4H3. The lowest BCUT2D eigenvalue weighted by atomic mass is 9.32. The molecule has 0 N–H and O–H groups in total. The van der Waals surface area contributed by atoms with E-state index in [1.807, 2.05) is 0 Å². The Morgan fingerprint density at radius 2 is 1.38 bits per heavy atom. The largest absolute Gasteiger partial charge is 0.445 e. The molecular weight excluding hydrogens is 202 g/mol. The van der Waals surface area contributed by atoms with Crippen LogP contribution in [0.3, 0.4) is 0 Å². The summed E-state index contributed by atoms with van der Waals surface area (Å²) in [4.78, 5) is 0. The molecule has 0 unspecified atom stereocenters. The van der Waals surface area contributed by atoms with Crippen LogP contribution in [0, 0.1) is 10.8 Å². The summed E-state index contributed by atoms with van der Waals surface area (Å²) < 4.78 is 17.4. The summed E-state index contributed by atoms with van der Waals surface area (Å²) in [5.41, 5.74) is 0.453. The normalized spacial score (nSPS) is 29.2. The maximum absolute atomic E-state index is 5.85. The lowest BCUT2D eigenvalue weighted by Crippen LogP contribution is -2.53. The molecule has 2 fully saturated rings. The Morgan fingerprint density at radius 3 is 1.88 bits per heavy atom. The third-order valence-corrected chi connectivity index (χ3v) is 3.37. The van der Waals surface area contributed by atoms with E-state index in [9.17, 15) is 0 Å². The fourth-order valence-corrected chi connectivity index (χ4v) is 2.16. The molecule has 0 aromatic heterocycles. The second-order valence-corrected chi connectivity index (χ2v) is 6.71. The number of hydrogen-bond acceptors (Lipinski definition) is 3. The van der Waals surface area contributed by atoms with Crippen molar-refractivity contribution in [2.45, 2.75) is 40.4 Å². The summed E-state index contributed by atoms with van der Waals surface area (Å²) in [6.45, 7) is 11.3. The molecule has 0 saturated carbocycles. The molecule has 0 aliphatic carbocycles. The Morgan fingerprint density at radius 1 is 0.812 bits per heavy atom. The van der Waals surface area contributed by atoms with Crippen molar-refractivity contribution in [1.82, 2.24) is 0 Å². The van der Waals surface area contributed by atoms with Crippen LogP contribution >= 0.6 is 0 Å². The van der Waals surface area contributed by atoms with Gasteiger partial charge in [-0.05, 0) is 11.7 Å². The Kier molecular flexibility index (Phi) is 3.39. The van der Waals surface area contributed by atoms with E-state index in [0.717, 1.165) is 26.1 Å². The zero-order valence-electron chi connectivity index (χ0n) is 10.9. The van der Waals surface area contributed by atoms with E-state index in [1.54, 1.807) is 0 Å². The fraction of sp³-hybridized carbons (Fsp3) is 1.00. The molecule has 2 saturated heterocycles. The predicted octanol–water partition coefficient (Wildman–Crippen LogP) is 2.06. The molecule has 5 heteroatoms. The Balaban J connectivity index is 1.82. The van der Waals surface area contributed by atoms with Crippen LogP contribution in [0.1, 0.15) is 34.1 Å². The minimum atomic E-state index is -0.149. The van der Waals surface area contributed by atoms with Crippen molar-refractivity contribution in [2.75, 3.05) is 19.8 Å². The third-order valence-electron chi connectivity index (χ3n) is 3.37. The quantitative estimate of drug-likeness (QED) is 0.638. The first kappa shape index (κ1) is 12.5. The van der Waals surface area contributed by atoms with Crippen LogP contribution in [0.2, 0.25) is 6.32 Å². The maximum atomic E-state index is 5.85. The van der Waals surface area contributed by atoms with Gasteiger partial charge in [-0.25, -0.2) is 0 Å². The van der Waals surface area contributed by atoms with E-state index in [1.165, 1.54) is 6.42 Å². The summed E-state index contributed by atoms with van der Waals surface area (Å²) in [5, 5.41) is 0. The van der Waals surface area contributed by atoms with Crippen molar-refractivity contribution < 1.29 is 14.0 Å². The molecule has 3 nitrogen and oxygen atoms in total. The first-order valence-corrected chi connectivity index (χ1v) is 6.23. The lowest BCUT2D eigenvalue weighted by molar-refractivity contribution is 0.0321. The van der Waals surface area contributed by atoms with Gasteiger partial charge in [0.15, 0.2) is 0 Å². The molecule has 0 bridgehead atoms. The van der Waals surface area contributed by atoms with Crippen molar-refractivity contribution in [3.05, 3.63) is 0 Å². The molecule has 0 amide bonds. The first-order valence-electron chi connectivity index (χ1n) is 6.23. The van der Waals surface area contributed by atoms with Gasteiger partial charge in [-0.2, -0.15) is 0 Å². The third kappa shape index (κ3) is 3.02. The predicted molar refractivity (Wildman–Crippen MR) is 66.4 cm³/mol. The molecule has 2 rings (SSSR count). The highest BCUT2D eigenvalue weighted by atomic mass is 16.6. The van der Waals surface area contributed by atoms with E-state index in [0.29, 0.717) is 5.41 Å². The van der Waals surface area contributed by atoms with E-state index in [4.69, 9.17) is 14.0 Å². The van der Waals surface area contributed by atoms with Gasteiger partial charge in [-0.1, -0.05) is 34.1 Å². The van der Waals surface area contributed by atoms with E-state index in [2.05, 4.69) is 27.7 Å². The minimum Gasteiger partial charge on any atom is -0.436 e. The zero-order valence-corrected chi connectivity index (χ0v) is 10.9. The summed E-state index contributed by atoms with van der Waals surface area (Å²) in [6, 6.07) is 0. The van der Waals surface area contributed by atoms with Gasteiger partial charge in [0.25, 0.3) is 0 Å². The van der Waals surface area contributed by atoms with Crippen molar-refractivity contribution in [3.8, 4) is 0 Å². The molecule has 2 heterocycles. The molecule has 0 radical (unpaired) electrons. The molecule has 0 atom stereocenters. The van der Waals surface area contributed by atoms with Gasteiger partial charge in [-0.15, -0.1) is 0 Å². The zero-order chi connectivity index (χ0) is 11.8. The molecule has 2 aliphatic heterocycles. The van der Waals surface area contributed by atoms with Crippen molar-refractivity contribution in [3.63, 3.8) is 0 Å². The highest BCUT2D eigenvalue weighted by Crippen LogP contribution is 2.31. The summed E-state index contributed by atoms with van der Waals surface area (Å²) in [5.74, 6) is 0. The van der Waals surface area contributed by atoms with Crippen LogP contribution in [-0.2, 0) is 14.0 Å².